The zero-order valence-corrected chi connectivity index (χ0v) is 9.43. The van der Waals surface area contributed by atoms with E-state index in [1.54, 1.807) is 0 Å². The van der Waals surface area contributed by atoms with Crippen LogP contribution in [0.2, 0.25) is 0 Å². The zero-order valence-electron chi connectivity index (χ0n) is 9.43. The highest BCUT2D eigenvalue weighted by molar-refractivity contribution is 5.75. The Morgan fingerprint density at radius 1 is 1.36 bits per heavy atom. The van der Waals surface area contributed by atoms with Crippen molar-refractivity contribution in [2.45, 2.75) is 20.3 Å². The Hall–Kier alpha value is -0.610. The molecule has 0 saturated heterocycles. The van der Waals surface area contributed by atoms with Gasteiger partial charge < -0.3 is 15.4 Å². The molecule has 0 aromatic heterocycles. The number of carbonyl (C=O) groups is 1. The molecule has 2 N–H and O–H groups in total. The highest BCUT2D eigenvalue weighted by atomic mass is 16.5. The molecule has 0 bridgehead atoms. The zero-order chi connectivity index (χ0) is 10.8. The summed E-state index contributed by atoms with van der Waals surface area (Å²) in [7, 11) is 1.83. The summed E-state index contributed by atoms with van der Waals surface area (Å²) in [4.78, 5) is 11.1. The molecule has 0 atom stereocenters. The van der Waals surface area contributed by atoms with Crippen molar-refractivity contribution in [3.05, 3.63) is 0 Å². The smallest absolute Gasteiger partial charge is 0.221 e. The van der Waals surface area contributed by atoms with Gasteiger partial charge >= 0.3 is 0 Å². The van der Waals surface area contributed by atoms with Crippen molar-refractivity contribution >= 4 is 5.91 Å². The Balaban J connectivity index is 3.15. The van der Waals surface area contributed by atoms with Gasteiger partial charge in [0.1, 0.15) is 0 Å². The van der Waals surface area contributed by atoms with Crippen LogP contribution >= 0.6 is 0 Å². The minimum Gasteiger partial charge on any atom is -0.379 e. The Kier molecular flexibility index (Phi) is 8.57. The number of carbonyl (C=O) groups excluding carboxylic acids is 1. The van der Waals surface area contributed by atoms with Crippen LogP contribution < -0.4 is 10.6 Å². The van der Waals surface area contributed by atoms with Crippen molar-refractivity contribution in [2.75, 3.05) is 33.4 Å². The van der Waals surface area contributed by atoms with Crippen LogP contribution in [0.3, 0.4) is 0 Å². The van der Waals surface area contributed by atoms with E-state index in [1.807, 2.05) is 7.05 Å². The molecule has 0 rings (SSSR count). The average molecular weight is 202 g/mol. The molecule has 0 aromatic rings. The van der Waals surface area contributed by atoms with E-state index in [4.69, 9.17) is 4.74 Å². The van der Waals surface area contributed by atoms with Gasteiger partial charge in [0.25, 0.3) is 0 Å². The van der Waals surface area contributed by atoms with Crippen LogP contribution in [0.4, 0.5) is 0 Å². The van der Waals surface area contributed by atoms with Crippen LogP contribution in [0.25, 0.3) is 0 Å². The van der Waals surface area contributed by atoms with Crippen molar-refractivity contribution in [1.82, 2.24) is 10.6 Å². The van der Waals surface area contributed by atoms with Crippen molar-refractivity contribution < 1.29 is 9.53 Å². The number of nitrogens with one attached hydrogen (secondary N) is 2. The van der Waals surface area contributed by atoms with Gasteiger partial charge in [-0.1, -0.05) is 13.8 Å². The van der Waals surface area contributed by atoms with Crippen LogP contribution in [0, 0.1) is 5.92 Å². The summed E-state index contributed by atoms with van der Waals surface area (Å²) in [5.41, 5.74) is 0. The van der Waals surface area contributed by atoms with E-state index in [2.05, 4.69) is 24.5 Å². The van der Waals surface area contributed by atoms with E-state index in [1.165, 1.54) is 0 Å². The molecule has 0 unspecified atom stereocenters. The SMILES string of the molecule is CNCCC(=O)NCCOCC(C)C. The first-order chi connectivity index (χ1) is 6.66. The minimum absolute atomic E-state index is 0.0764. The Labute approximate surface area is 86.4 Å². The first kappa shape index (κ1) is 13.4. The first-order valence-electron chi connectivity index (χ1n) is 5.16. The van der Waals surface area contributed by atoms with Gasteiger partial charge in [-0.2, -0.15) is 0 Å². The van der Waals surface area contributed by atoms with E-state index >= 15 is 0 Å². The molecule has 0 aromatic carbocycles. The number of ether oxygens (including phenoxy) is 1. The lowest BCUT2D eigenvalue weighted by Gasteiger charge is -2.07. The third-order valence-electron chi connectivity index (χ3n) is 1.62. The monoisotopic (exact) mass is 202 g/mol. The highest BCUT2D eigenvalue weighted by Gasteiger charge is 1.98. The molecule has 0 radical (unpaired) electrons. The van der Waals surface area contributed by atoms with Crippen LogP contribution in [-0.2, 0) is 9.53 Å². The molecule has 14 heavy (non-hydrogen) atoms. The Bertz CT molecular complexity index is 149. The molecule has 0 aliphatic heterocycles. The van der Waals surface area contributed by atoms with E-state index in [9.17, 15) is 4.79 Å². The molecule has 1 amide bonds. The van der Waals surface area contributed by atoms with Crippen molar-refractivity contribution in [3.63, 3.8) is 0 Å². The van der Waals surface area contributed by atoms with Crippen molar-refractivity contribution in [1.29, 1.82) is 0 Å². The summed E-state index contributed by atoms with van der Waals surface area (Å²) in [5.74, 6) is 0.627. The lowest BCUT2D eigenvalue weighted by atomic mass is 10.2. The summed E-state index contributed by atoms with van der Waals surface area (Å²) in [5, 5.41) is 5.71. The molecule has 0 aliphatic carbocycles. The molecular weight excluding hydrogens is 180 g/mol. The third-order valence-corrected chi connectivity index (χ3v) is 1.62. The largest absolute Gasteiger partial charge is 0.379 e. The lowest BCUT2D eigenvalue weighted by molar-refractivity contribution is -0.121. The van der Waals surface area contributed by atoms with E-state index < -0.39 is 0 Å². The standard InChI is InChI=1S/C10H22N2O2/c1-9(2)8-14-7-6-12-10(13)4-5-11-3/h9,11H,4-8H2,1-3H3,(H,12,13). The molecule has 0 heterocycles. The first-order valence-corrected chi connectivity index (χ1v) is 5.16. The Morgan fingerprint density at radius 3 is 2.64 bits per heavy atom. The van der Waals surface area contributed by atoms with Gasteiger partial charge in [-0.05, 0) is 13.0 Å². The van der Waals surface area contributed by atoms with Gasteiger partial charge in [-0.3, -0.25) is 4.79 Å². The number of hydrogen-bond acceptors (Lipinski definition) is 3. The maximum atomic E-state index is 11.1. The van der Waals surface area contributed by atoms with Gasteiger partial charge in [0.05, 0.1) is 6.61 Å². The molecule has 4 nitrogen and oxygen atoms in total. The molecule has 0 aliphatic rings. The Morgan fingerprint density at radius 2 is 2.07 bits per heavy atom. The third kappa shape index (κ3) is 9.48. The predicted octanol–water partition coefficient (Wildman–Crippen LogP) is 0.385. The van der Waals surface area contributed by atoms with Gasteiger partial charge in [-0.25, -0.2) is 0 Å². The quantitative estimate of drug-likeness (QED) is 0.560. The predicted molar refractivity (Wildman–Crippen MR) is 57.2 cm³/mol. The van der Waals surface area contributed by atoms with Gasteiger partial charge in [0, 0.05) is 26.1 Å². The average Bonchev–Trinajstić information content (AvgIpc) is 2.13. The normalized spacial score (nSPS) is 10.6. The summed E-state index contributed by atoms with van der Waals surface area (Å²) >= 11 is 0. The lowest BCUT2D eigenvalue weighted by Crippen LogP contribution is -2.29. The molecule has 4 heteroatoms. The topological polar surface area (TPSA) is 50.4 Å². The summed E-state index contributed by atoms with van der Waals surface area (Å²) < 4.78 is 5.32. The molecular formula is C10H22N2O2. The second-order valence-corrected chi connectivity index (χ2v) is 3.67. The fraction of sp³-hybridized carbons (Fsp3) is 0.900. The van der Waals surface area contributed by atoms with Crippen molar-refractivity contribution in [3.8, 4) is 0 Å². The highest BCUT2D eigenvalue weighted by Crippen LogP contribution is 1.90. The molecule has 84 valence electrons. The van der Waals surface area contributed by atoms with E-state index in [0.717, 1.165) is 13.2 Å². The van der Waals surface area contributed by atoms with Crippen LogP contribution in [0.5, 0.6) is 0 Å². The second kappa shape index (κ2) is 8.97. The summed E-state index contributed by atoms with van der Waals surface area (Å²) in [6.07, 6.45) is 0.528. The number of hydrogen-bond donors (Lipinski definition) is 2. The molecule has 0 saturated carbocycles. The summed E-state index contributed by atoms with van der Waals surface area (Å²) in [6, 6.07) is 0. The van der Waals surface area contributed by atoms with Crippen LogP contribution in [0.1, 0.15) is 20.3 Å². The second-order valence-electron chi connectivity index (χ2n) is 3.67. The van der Waals surface area contributed by atoms with E-state index in [0.29, 0.717) is 25.5 Å². The van der Waals surface area contributed by atoms with Crippen LogP contribution in [-0.4, -0.2) is 39.3 Å². The van der Waals surface area contributed by atoms with Gasteiger partial charge in [-0.15, -0.1) is 0 Å². The maximum Gasteiger partial charge on any atom is 0.221 e. The van der Waals surface area contributed by atoms with E-state index in [-0.39, 0.29) is 5.91 Å². The molecule has 0 fully saturated rings. The minimum atomic E-state index is 0.0764. The van der Waals surface area contributed by atoms with Crippen molar-refractivity contribution in [2.24, 2.45) is 5.92 Å². The number of rotatable bonds is 8. The number of amides is 1. The fourth-order valence-corrected chi connectivity index (χ4v) is 0.909. The maximum absolute atomic E-state index is 11.1. The van der Waals surface area contributed by atoms with Crippen LogP contribution in [0.15, 0.2) is 0 Å². The van der Waals surface area contributed by atoms with Gasteiger partial charge in [0.2, 0.25) is 5.91 Å². The summed E-state index contributed by atoms with van der Waals surface area (Å²) in [6.45, 7) is 6.89. The van der Waals surface area contributed by atoms with Gasteiger partial charge in [0.15, 0.2) is 0 Å². The fourth-order valence-electron chi connectivity index (χ4n) is 0.909. The molecule has 0 spiro atoms.